The van der Waals surface area contributed by atoms with Crippen LogP contribution in [0, 0.1) is 0 Å². The summed E-state index contributed by atoms with van der Waals surface area (Å²) >= 11 is 12.0. The highest BCUT2D eigenvalue weighted by molar-refractivity contribution is 6.31. The van der Waals surface area contributed by atoms with Crippen molar-refractivity contribution in [3.63, 3.8) is 0 Å². The third-order valence-electron chi connectivity index (χ3n) is 4.59. The lowest BCUT2D eigenvalue weighted by molar-refractivity contribution is -0.143. The van der Waals surface area contributed by atoms with Crippen LogP contribution in [-0.2, 0) is 12.7 Å². The minimum absolute atomic E-state index is 0.115. The number of carbonyl (C=O) groups is 1. The highest BCUT2D eigenvalue weighted by atomic mass is 35.5. The van der Waals surface area contributed by atoms with Gasteiger partial charge in [0.15, 0.2) is 5.69 Å². The topological polar surface area (TPSA) is 64.7 Å². The van der Waals surface area contributed by atoms with Crippen molar-refractivity contribution in [2.75, 3.05) is 5.32 Å². The Kier molecular flexibility index (Phi) is 5.94. The number of amides is 1. The first kappa shape index (κ1) is 21.9. The Hall–Kier alpha value is -3.30. The number of alkyl halides is 3. The van der Waals surface area contributed by atoms with Gasteiger partial charge in [0.1, 0.15) is 5.82 Å². The van der Waals surface area contributed by atoms with E-state index in [1.165, 1.54) is 41.2 Å². The maximum Gasteiger partial charge on any atom is 0.434 e. The van der Waals surface area contributed by atoms with Crippen molar-refractivity contribution in [3.05, 3.63) is 93.9 Å². The Labute approximate surface area is 190 Å². The number of halogens is 5. The van der Waals surface area contributed by atoms with Gasteiger partial charge in [0.25, 0.3) is 5.91 Å². The minimum atomic E-state index is -4.83. The number of hydrogen-bond acceptors (Lipinski definition) is 3. The summed E-state index contributed by atoms with van der Waals surface area (Å²) in [6.45, 7) is 0.221. The molecule has 0 saturated heterocycles. The Morgan fingerprint density at radius 1 is 1.00 bits per heavy atom. The Balaban J connectivity index is 1.65. The number of carbonyl (C=O) groups excluding carboxylic acids is 1. The molecule has 164 valence electrons. The van der Waals surface area contributed by atoms with E-state index in [4.69, 9.17) is 23.2 Å². The summed E-state index contributed by atoms with van der Waals surface area (Å²) in [6.07, 6.45) is -2.53. The van der Waals surface area contributed by atoms with E-state index in [0.29, 0.717) is 14.7 Å². The molecule has 6 nitrogen and oxygen atoms in total. The Morgan fingerprint density at radius 2 is 1.72 bits per heavy atom. The van der Waals surface area contributed by atoms with Gasteiger partial charge in [-0.15, -0.1) is 0 Å². The van der Waals surface area contributed by atoms with E-state index in [2.05, 4.69) is 15.5 Å². The van der Waals surface area contributed by atoms with Crippen LogP contribution in [0.2, 0.25) is 10.0 Å². The zero-order valence-corrected chi connectivity index (χ0v) is 17.7. The van der Waals surface area contributed by atoms with Crippen molar-refractivity contribution < 1.29 is 18.0 Å². The summed E-state index contributed by atoms with van der Waals surface area (Å²) in [6, 6.07) is 14.2. The van der Waals surface area contributed by atoms with Crippen molar-refractivity contribution in [2.45, 2.75) is 12.7 Å². The predicted octanol–water partition coefficient (Wildman–Crippen LogP) is 5.70. The van der Waals surface area contributed by atoms with Crippen molar-refractivity contribution >= 4 is 34.9 Å². The molecule has 0 aliphatic rings. The lowest BCUT2D eigenvalue weighted by Gasteiger charge is -2.13. The van der Waals surface area contributed by atoms with Crippen LogP contribution in [0.25, 0.3) is 5.69 Å². The summed E-state index contributed by atoms with van der Waals surface area (Å²) in [5, 5.41) is 11.2. The molecular formula is C21H14Cl2F3N5O. The predicted molar refractivity (Wildman–Crippen MR) is 114 cm³/mol. The second-order valence-electron chi connectivity index (χ2n) is 6.71. The number of benzene rings is 2. The maximum absolute atomic E-state index is 13.9. The molecule has 2 aromatic carbocycles. The molecule has 0 fully saturated rings. The summed E-state index contributed by atoms with van der Waals surface area (Å²) in [4.78, 5) is 12.8. The molecule has 11 heteroatoms. The van der Waals surface area contributed by atoms with Gasteiger partial charge in [-0.3, -0.25) is 4.79 Å². The fourth-order valence-corrected chi connectivity index (χ4v) is 3.42. The van der Waals surface area contributed by atoms with E-state index < -0.39 is 23.3 Å². The fourth-order valence-electron chi connectivity index (χ4n) is 3.10. The number of hydrogen-bond donors (Lipinski definition) is 1. The number of rotatable bonds is 5. The van der Waals surface area contributed by atoms with Gasteiger partial charge < -0.3 is 5.32 Å². The second-order valence-corrected chi connectivity index (χ2v) is 7.56. The van der Waals surface area contributed by atoms with E-state index in [0.717, 1.165) is 11.8 Å². The van der Waals surface area contributed by atoms with Crippen LogP contribution in [0.5, 0.6) is 0 Å². The van der Waals surface area contributed by atoms with Crippen LogP contribution in [0.4, 0.5) is 19.0 Å². The van der Waals surface area contributed by atoms with Crippen LogP contribution < -0.4 is 5.32 Å². The van der Waals surface area contributed by atoms with E-state index in [-0.39, 0.29) is 18.1 Å². The van der Waals surface area contributed by atoms with Gasteiger partial charge in [-0.05, 0) is 35.9 Å². The molecule has 0 aliphatic carbocycles. The number of nitrogens with zero attached hydrogens (tertiary/aromatic N) is 4. The third-order valence-corrected chi connectivity index (χ3v) is 5.21. The van der Waals surface area contributed by atoms with Crippen molar-refractivity contribution in [1.29, 1.82) is 0 Å². The minimum Gasteiger partial charge on any atom is -0.307 e. The third kappa shape index (κ3) is 4.49. The van der Waals surface area contributed by atoms with Gasteiger partial charge in [-0.25, -0.2) is 9.36 Å². The van der Waals surface area contributed by atoms with Crippen LogP contribution in [-0.4, -0.2) is 25.5 Å². The van der Waals surface area contributed by atoms with Gasteiger partial charge in [-0.2, -0.15) is 23.4 Å². The first-order valence-corrected chi connectivity index (χ1v) is 9.97. The summed E-state index contributed by atoms with van der Waals surface area (Å²) in [5.41, 5.74) is -0.975. The molecule has 1 N–H and O–H groups in total. The van der Waals surface area contributed by atoms with E-state index >= 15 is 0 Å². The normalized spacial score (nSPS) is 11.5. The number of nitrogens with one attached hydrogen (secondary N) is 1. The zero-order valence-electron chi connectivity index (χ0n) is 16.1. The molecule has 0 aliphatic heterocycles. The van der Waals surface area contributed by atoms with E-state index in [1.54, 1.807) is 24.3 Å². The van der Waals surface area contributed by atoms with Gasteiger partial charge in [0, 0.05) is 16.1 Å². The highest BCUT2D eigenvalue weighted by Crippen LogP contribution is 2.34. The Morgan fingerprint density at radius 3 is 2.41 bits per heavy atom. The summed E-state index contributed by atoms with van der Waals surface area (Å²) in [7, 11) is 0. The van der Waals surface area contributed by atoms with Crippen LogP contribution in [0.3, 0.4) is 0 Å². The maximum atomic E-state index is 13.9. The summed E-state index contributed by atoms with van der Waals surface area (Å²) in [5.74, 6) is -0.763. The van der Waals surface area contributed by atoms with Gasteiger partial charge in [0.05, 0.1) is 30.2 Å². The smallest absolute Gasteiger partial charge is 0.307 e. The lowest BCUT2D eigenvalue weighted by atomic mass is 10.2. The molecule has 0 spiro atoms. The van der Waals surface area contributed by atoms with Crippen molar-refractivity contribution in [2.24, 2.45) is 0 Å². The molecule has 1 amide bonds. The standard InChI is InChI=1S/C21H14Cl2F3N5O/c22-14-5-7-15(8-6-14)31-19(21(24,25)26)16(11-28-31)20(32)29-18-9-10-27-30(18)12-13-3-1-2-4-17(13)23/h1-11H,12H2,(H,29,32). The first-order chi connectivity index (χ1) is 15.2. The van der Waals surface area contributed by atoms with E-state index in [9.17, 15) is 18.0 Å². The van der Waals surface area contributed by atoms with Crippen LogP contribution in [0.15, 0.2) is 67.0 Å². The van der Waals surface area contributed by atoms with Gasteiger partial charge >= 0.3 is 6.18 Å². The molecule has 0 saturated carbocycles. The quantitative estimate of drug-likeness (QED) is 0.399. The van der Waals surface area contributed by atoms with Gasteiger partial charge in [-0.1, -0.05) is 41.4 Å². The Bertz CT molecular complexity index is 1270. The van der Waals surface area contributed by atoms with Gasteiger partial charge in [0.2, 0.25) is 0 Å². The average molecular weight is 480 g/mol. The molecule has 0 bridgehead atoms. The molecule has 0 radical (unpaired) electrons. The zero-order chi connectivity index (χ0) is 22.9. The molecule has 4 rings (SSSR count). The largest absolute Gasteiger partial charge is 0.434 e. The van der Waals surface area contributed by atoms with Crippen molar-refractivity contribution in [3.8, 4) is 5.69 Å². The molecule has 0 unspecified atom stereocenters. The van der Waals surface area contributed by atoms with Crippen molar-refractivity contribution in [1.82, 2.24) is 19.6 Å². The second kappa shape index (κ2) is 8.68. The molecule has 32 heavy (non-hydrogen) atoms. The molecule has 2 aromatic heterocycles. The molecular weight excluding hydrogens is 466 g/mol. The average Bonchev–Trinajstić information content (AvgIpc) is 3.37. The lowest BCUT2D eigenvalue weighted by Crippen LogP contribution is -2.22. The fraction of sp³-hybridized carbons (Fsp3) is 0.0952. The summed E-state index contributed by atoms with van der Waals surface area (Å²) < 4.78 is 43.7. The monoisotopic (exact) mass is 479 g/mol. The van der Waals surface area contributed by atoms with Crippen LogP contribution in [0.1, 0.15) is 21.6 Å². The SMILES string of the molecule is O=C(Nc1ccnn1Cc1ccccc1Cl)c1cnn(-c2ccc(Cl)cc2)c1C(F)(F)F. The molecule has 2 heterocycles. The number of aromatic nitrogens is 4. The number of anilines is 1. The van der Waals surface area contributed by atoms with E-state index in [1.807, 2.05) is 0 Å². The highest BCUT2D eigenvalue weighted by Gasteiger charge is 2.40. The molecule has 4 aromatic rings. The van der Waals surface area contributed by atoms with Crippen LogP contribution >= 0.6 is 23.2 Å². The first-order valence-electron chi connectivity index (χ1n) is 9.22. The molecule has 0 atom stereocenters.